The van der Waals surface area contributed by atoms with E-state index >= 15 is 0 Å². The minimum absolute atomic E-state index is 0.243. The molecule has 0 amide bonds. The zero-order valence-corrected chi connectivity index (χ0v) is 10.1. The van der Waals surface area contributed by atoms with Crippen molar-refractivity contribution in [3.05, 3.63) is 0 Å². The first-order valence-electron chi connectivity index (χ1n) is 5.49. The SMILES string of the molecule is COCCC(N)CN(C)CCC(C)C. The fraction of sp³-hybridized carbons (Fsp3) is 1.00. The lowest BCUT2D eigenvalue weighted by Gasteiger charge is -2.21. The van der Waals surface area contributed by atoms with Crippen LogP contribution in [0.4, 0.5) is 0 Å². The second-order valence-corrected chi connectivity index (χ2v) is 4.49. The Morgan fingerprint density at radius 3 is 2.43 bits per heavy atom. The molecular formula is C11H26N2O. The minimum atomic E-state index is 0.243. The van der Waals surface area contributed by atoms with Crippen LogP contribution >= 0.6 is 0 Å². The van der Waals surface area contributed by atoms with Gasteiger partial charge in [0.1, 0.15) is 0 Å². The summed E-state index contributed by atoms with van der Waals surface area (Å²) in [6.07, 6.45) is 2.19. The highest BCUT2D eigenvalue weighted by Gasteiger charge is 2.06. The second-order valence-electron chi connectivity index (χ2n) is 4.49. The average Bonchev–Trinajstić information content (AvgIpc) is 2.11. The molecule has 0 aliphatic carbocycles. The van der Waals surface area contributed by atoms with Gasteiger partial charge in [-0.1, -0.05) is 13.8 Å². The maximum Gasteiger partial charge on any atom is 0.0477 e. The van der Waals surface area contributed by atoms with Crippen LogP contribution in [0.25, 0.3) is 0 Å². The van der Waals surface area contributed by atoms with Gasteiger partial charge in [-0.15, -0.1) is 0 Å². The van der Waals surface area contributed by atoms with Gasteiger partial charge in [0.25, 0.3) is 0 Å². The normalized spacial score (nSPS) is 13.9. The summed E-state index contributed by atoms with van der Waals surface area (Å²) in [5, 5.41) is 0. The van der Waals surface area contributed by atoms with Crippen molar-refractivity contribution in [1.29, 1.82) is 0 Å². The van der Waals surface area contributed by atoms with Gasteiger partial charge < -0.3 is 15.4 Å². The van der Waals surface area contributed by atoms with Gasteiger partial charge in [0.05, 0.1) is 0 Å². The molecule has 0 saturated heterocycles. The van der Waals surface area contributed by atoms with Gasteiger partial charge in [0.15, 0.2) is 0 Å². The number of likely N-dealkylation sites (N-methyl/N-ethyl adjacent to an activating group) is 1. The molecule has 2 N–H and O–H groups in total. The summed E-state index contributed by atoms with van der Waals surface area (Å²) in [6, 6.07) is 0.243. The standard InChI is InChI=1S/C11H26N2O/c1-10(2)5-7-13(3)9-11(12)6-8-14-4/h10-11H,5-9,12H2,1-4H3. The fourth-order valence-corrected chi connectivity index (χ4v) is 1.33. The summed E-state index contributed by atoms with van der Waals surface area (Å²) in [4.78, 5) is 2.31. The lowest BCUT2D eigenvalue weighted by molar-refractivity contribution is 0.179. The molecule has 0 fully saturated rings. The number of rotatable bonds is 8. The summed E-state index contributed by atoms with van der Waals surface area (Å²) in [6.45, 7) is 7.37. The predicted molar refractivity (Wildman–Crippen MR) is 61.4 cm³/mol. The van der Waals surface area contributed by atoms with Crippen molar-refractivity contribution < 1.29 is 4.74 Å². The van der Waals surface area contributed by atoms with Crippen LogP contribution in [-0.2, 0) is 4.74 Å². The first-order valence-corrected chi connectivity index (χ1v) is 5.49. The molecule has 86 valence electrons. The Morgan fingerprint density at radius 1 is 1.29 bits per heavy atom. The van der Waals surface area contributed by atoms with Crippen LogP contribution < -0.4 is 5.73 Å². The highest BCUT2D eigenvalue weighted by atomic mass is 16.5. The second kappa shape index (κ2) is 8.21. The van der Waals surface area contributed by atoms with E-state index in [2.05, 4.69) is 25.8 Å². The number of methoxy groups -OCH3 is 1. The Hall–Kier alpha value is -0.120. The van der Waals surface area contributed by atoms with Crippen LogP contribution in [0.15, 0.2) is 0 Å². The van der Waals surface area contributed by atoms with E-state index in [1.807, 2.05) is 0 Å². The van der Waals surface area contributed by atoms with E-state index in [1.165, 1.54) is 6.42 Å². The van der Waals surface area contributed by atoms with Crippen LogP contribution in [0.2, 0.25) is 0 Å². The van der Waals surface area contributed by atoms with Crippen molar-refractivity contribution in [2.75, 3.05) is 33.9 Å². The maximum atomic E-state index is 5.95. The Kier molecular flexibility index (Phi) is 8.14. The monoisotopic (exact) mass is 202 g/mol. The van der Waals surface area contributed by atoms with Crippen molar-refractivity contribution >= 4 is 0 Å². The molecule has 0 radical (unpaired) electrons. The molecule has 14 heavy (non-hydrogen) atoms. The minimum Gasteiger partial charge on any atom is -0.385 e. The van der Waals surface area contributed by atoms with Gasteiger partial charge in [-0.3, -0.25) is 0 Å². The van der Waals surface area contributed by atoms with E-state index in [1.54, 1.807) is 7.11 Å². The first-order chi connectivity index (χ1) is 6.56. The van der Waals surface area contributed by atoms with Gasteiger partial charge in [0, 0.05) is 26.3 Å². The average molecular weight is 202 g/mol. The van der Waals surface area contributed by atoms with E-state index in [0.29, 0.717) is 0 Å². The zero-order valence-electron chi connectivity index (χ0n) is 10.1. The quantitative estimate of drug-likeness (QED) is 0.645. The highest BCUT2D eigenvalue weighted by molar-refractivity contribution is 4.66. The summed E-state index contributed by atoms with van der Waals surface area (Å²) >= 11 is 0. The van der Waals surface area contributed by atoms with Crippen LogP contribution in [0, 0.1) is 5.92 Å². The Bertz CT molecular complexity index is 128. The van der Waals surface area contributed by atoms with Crippen molar-refractivity contribution in [3.63, 3.8) is 0 Å². The van der Waals surface area contributed by atoms with Crippen LogP contribution in [0.1, 0.15) is 26.7 Å². The molecule has 3 nitrogen and oxygen atoms in total. The molecule has 1 unspecified atom stereocenters. The first kappa shape index (κ1) is 13.9. The van der Waals surface area contributed by atoms with E-state index in [0.717, 1.165) is 32.0 Å². The zero-order chi connectivity index (χ0) is 11.0. The number of ether oxygens (including phenoxy) is 1. The van der Waals surface area contributed by atoms with Crippen molar-refractivity contribution in [2.24, 2.45) is 11.7 Å². The van der Waals surface area contributed by atoms with E-state index < -0.39 is 0 Å². The molecule has 0 rings (SSSR count). The van der Waals surface area contributed by atoms with Crippen molar-refractivity contribution in [3.8, 4) is 0 Å². The van der Waals surface area contributed by atoms with E-state index in [-0.39, 0.29) is 6.04 Å². The summed E-state index contributed by atoms with van der Waals surface area (Å²) in [7, 11) is 3.85. The molecule has 0 aromatic heterocycles. The number of nitrogens with zero attached hydrogens (tertiary/aromatic N) is 1. The number of hydrogen-bond donors (Lipinski definition) is 1. The van der Waals surface area contributed by atoms with Gasteiger partial charge in [-0.25, -0.2) is 0 Å². The molecule has 0 aromatic rings. The molecule has 0 saturated carbocycles. The number of nitrogens with two attached hydrogens (primary N) is 1. The van der Waals surface area contributed by atoms with Crippen LogP contribution in [0.5, 0.6) is 0 Å². The highest BCUT2D eigenvalue weighted by Crippen LogP contribution is 2.01. The topological polar surface area (TPSA) is 38.5 Å². The van der Waals surface area contributed by atoms with Gasteiger partial charge in [0.2, 0.25) is 0 Å². The summed E-state index contributed by atoms with van der Waals surface area (Å²) in [5.74, 6) is 0.771. The lowest BCUT2D eigenvalue weighted by atomic mass is 10.1. The number of hydrogen-bond acceptors (Lipinski definition) is 3. The van der Waals surface area contributed by atoms with E-state index in [4.69, 9.17) is 10.5 Å². The van der Waals surface area contributed by atoms with Gasteiger partial charge >= 0.3 is 0 Å². The molecule has 0 aliphatic rings. The van der Waals surface area contributed by atoms with Crippen molar-refractivity contribution in [1.82, 2.24) is 4.90 Å². The van der Waals surface area contributed by atoms with Crippen molar-refractivity contribution in [2.45, 2.75) is 32.7 Å². The lowest BCUT2D eigenvalue weighted by Crippen LogP contribution is -2.36. The van der Waals surface area contributed by atoms with E-state index in [9.17, 15) is 0 Å². The smallest absolute Gasteiger partial charge is 0.0477 e. The summed E-state index contributed by atoms with van der Waals surface area (Å²) < 4.78 is 4.99. The molecule has 0 bridgehead atoms. The van der Waals surface area contributed by atoms with Gasteiger partial charge in [-0.2, -0.15) is 0 Å². The predicted octanol–water partition coefficient (Wildman–Crippen LogP) is 1.33. The van der Waals surface area contributed by atoms with Crippen LogP contribution in [-0.4, -0.2) is 44.8 Å². The molecule has 0 aliphatic heterocycles. The Morgan fingerprint density at radius 2 is 1.93 bits per heavy atom. The Labute approximate surface area is 88.6 Å². The Balaban J connectivity index is 3.44. The molecule has 0 aromatic carbocycles. The van der Waals surface area contributed by atoms with Crippen LogP contribution in [0.3, 0.4) is 0 Å². The third-order valence-corrected chi connectivity index (χ3v) is 2.33. The molecule has 1 atom stereocenters. The molecule has 0 heterocycles. The molecule has 0 spiro atoms. The maximum absolute atomic E-state index is 5.95. The molecular weight excluding hydrogens is 176 g/mol. The fourth-order valence-electron chi connectivity index (χ4n) is 1.33. The van der Waals surface area contributed by atoms with Gasteiger partial charge in [-0.05, 0) is 32.4 Å². The summed E-state index contributed by atoms with van der Waals surface area (Å²) in [5.41, 5.74) is 5.95. The third-order valence-electron chi connectivity index (χ3n) is 2.33. The largest absolute Gasteiger partial charge is 0.385 e. The molecule has 3 heteroatoms. The third kappa shape index (κ3) is 8.48.